The molecule has 0 spiro atoms. The third-order valence-corrected chi connectivity index (χ3v) is 5.20. The van der Waals surface area contributed by atoms with Crippen molar-refractivity contribution in [2.24, 2.45) is 0 Å². The van der Waals surface area contributed by atoms with Crippen LogP contribution in [0.4, 0.5) is 0 Å². The van der Waals surface area contributed by atoms with Gasteiger partial charge < -0.3 is 0 Å². The van der Waals surface area contributed by atoms with E-state index in [1.807, 2.05) is 12.1 Å². The summed E-state index contributed by atoms with van der Waals surface area (Å²) in [6.45, 7) is 0.663. The van der Waals surface area contributed by atoms with E-state index in [9.17, 15) is 4.79 Å². The monoisotopic (exact) mass is 358 g/mol. The second-order valence-electron chi connectivity index (χ2n) is 6.54. The minimum Gasteiger partial charge on any atom is -0.292 e. The summed E-state index contributed by atoms with van der Waals surface area (Å²) in [7, 11) is 0. The third kappa shape index (κ3) is 2.36. The molecule has 0 unspecified atom stereocenters. The number of halogens is 1. The average Bonchev–Trinajstić information content (AvgIpc) is 3.05. The van der Waals surface area contributed by atoms with Gasteiger partial charge in [0.25, 0.3) is 5.56 Å². The highest BCUT2D eigenvalue weighted by molar-refractivity contribution is 6.31. The molecule has 0 saturated carbocycles. The second-order valence-corrected chi connectivity index (χ2v) is 6.98. The molecular weight excluding hydrogens is 344 g/mol. The lowest BCUT2D eigenvalue weighted by Crippen LogP contribution is -2.20. The Morgan fingerprint density at radius 1 is 1.00 bits per heavy atom. The highest BCUT2D eigenvalue weighted by Crippen LogP contribution is 2.30. The molecule has 1 aliphatic rings. The number of nitrogens with zero attached hydrogens (tertiary/aromatic N) is 2. The SMILES string of the molecule is O=c1c2ccc(Cl)cc2nc2n1CC/C2=C\c1cccc2ccccc12. The second kappa shape index (κ2) is 5.82. The summed E-state index contributed by atoms with van der Waals surface area (Å²) in [6.07, 6.45) is 2.96. The summed E-state index contributed by atoms with van der Waals surface area (Å²) in [4.78, 5) is 17.5. The van der Waals surface area contributed by atoms with Crippen LogP contribution in [0.3, 0.4) is 0 Å². The van der Waals surface area contributed by atoms with Gasteiger partial charge in [0.05, 0.1) is 10.9 Å². The van der Waals surface area contributed by atoms with Crippen LogP contribution < -0.4 is 5.56 Å². The number of benzene rings is 3. The van der Waals surface area contributed by atoms with Crippen molar-refractivity contribution in [3.63, 3.8) is 0 Å². The minimum atomic E-state index is 0.00277. The van der Waals surface area contributed by atoms with Crippen LogP contribution in [-0.2, 0) is 6.54 Å². The summed E-state index contributed by atoms with van der Waals surface area (Å²) in [5, 5.41) is 3.61. The lowest BCUT2D eigenvalue weighted by Gasteiger charge is -2.07. The van der Waals surface area contributed by atoms with E-state index >= 15 is 0 Å². The van der Waals surface area contributed by atoms with E-state index in [0.29, 0.717) is 22.5 Å². The third-order valence-electron chi connectivity index (χ3n) is 4.96. The largest absolute Gasteiger partial charge is 0.292 e. The Hall–Kier alpha value is -2.91. The summed E-state index contributed by atoms with van der Waals surface area (Å²) in [6, 6.07) is 19.8. The van der Waals surface area contributed by atoms with Crippen LogP contribution in [0.2, 0.25) is 5.02 Å². The molecule has 0 bridgehead atoms. The first kappa shape index (κ1) is 15.4. The first-order valence-corrected chi connectivity index (χ1v) is 8.97. The predicted octanol–water partition coefficient (Wildman–Crippen LogP) is 5.15. The van der Waals surface area contributed by atoms with Crippen LogP contribution >= 0.6 is 11.6 Å². The molecule has 0 fully saturated rings. The zero-order valence-corrected chi connectivity index (χ0v) is 14.7. The van der Waals surface area contributed by atoms with Crippen molar-refractivity contribution in [3.8, 4) is 0 Å². The molecule has 1 aliphatic heterocycles. The smallest absolute Gasteiger partial charge is 0.261 e. The fourth-order valence-electron chi connectivity index (χ4n) is 3.69. The van der Waals surface area contributed by atoms with Gasteiger partial charge in [-0.1, -0.05) is 54.1 Å². The van der Waals surface area contributed by atoms with Gasteiger partial charge in [0.1, 0.15) is 5.82 Å². The molecule has 5 rings (SSSR count). The molecule has 26 heavy (non-hydrogen) atoms. The van der Waals surface area contributed by atoms with E-state index in [4.69, 9.17) is 16.6 Å². The maximum Gasteiger partial charge on any atom is 0.261 e. The average molecular weight is 359 g/mol. The van der Waals surface area contributed by atoms with Gasteiger partial charge in [-0.2, -0.15) is 0 Å². The van der Waals surface area contributed by atoms with Crippen LogP contribution in [0.1, 0.15) is 17.8 Å². The van der Waals surface area contributed by atoms with Crippen LogP contribution in [-0.4, -0.2) is 9.55 Å². The van der Waals surface area contributed by atoms with Crippen LogP contribution in [0, 0.1) is 0 Å². The Bertz CT molecular complexity index is 1270. The molecule has 2 heterocycles. The predicted molar refractivity (Wildman–Crippen MR) is 107 cm³/mol. The van der Waals surface area contributed by atoms with Gasteiger partial charge in [-0.3, -0.25) is 9.36 Å². The topological polar surface area (TPSA) is 34.9 Å². The highest BCUT2D eigenvalue weighted by Gasteiger charge is 2.21. The quantitative estimate of drug-likeness (QED) is 0.471. The molecule has 0 N–H and O–H groups in total. The van der Waals surface area contributed by atoms with E-state index in [2.05, 4.69) is 36.4 Å². The van der Waals surface area contributed by atoms with Gasteiger partial charge in [-0.05, 0) is 52.6 Å². The Kier molecular flexibility index (Phi) is 3.44. The van der Waals surface area contributed by atoms with Crippen molar-refractivity contribution >= 4 is 44.9 Å². The molecule has 0 aliphatic carbocycles. The Morgan fingerprint density at radius 2 is 1.85 bits per heavy atom. The van der Waals surface area contributed by atoms with Crippen LogP contribution in [0.15, 0.2) is 65.5 Å². The van der Waals surface area contributed by atoms with Gasteiger partial charge in [0, 0.05) is 11.6 Å². The fraction of sp³-hybridized carbons (Fsp3) is 0.0909. The minimum absolute atomic E-state index is 0.00277. The lowest BCUT2D eigenvalue weighted by molar-refractivity contribution is 0.725. The Labute approximate surface area is 155 Å². The molecule has 4 heteroatoms. The van der Waals surface area contributed by atoms with E-state index < -0.39 is 0 Å². The molecule has 0 saturated heterocycles. The molecule has 4 aromatic rings. The van der Waals surface area contributed by atoms with Crippen molar-refractivity contribution in [1.29, 1.82) is 0 Å². The van der Waals surface area contributed by atoms with Crippen molar-refractivity contribution in [2.45, 2.75) is 13.0 Å². The van der Waals surface area contributed by atoms with Crippen LogP contribution in [0.25, 0.3) is 33.3 Å². The summed E-state index contributed by atoms with van der Waals surface area (Å²) >= 11 is 6.09. The standard InChI is InChI=1S/C22H15ClN2O/c23-17-8-9-19-20(13-17)24-21-16(10-11-25(21)22(19)26)12-15-6-3-5-14-4-1-2-7-18(14)15/h1-9,12-13H,10-11H2/b16-12+. The molecule has 3 aromatic carbocycles. The highest BCUT2D eigenvalue weighted by atomic mass is 35.5. The van der Waals surface area contributed by atoms with E-state index in [1.165, 1.54) is 10.8 Å². The Morgan fingerprint density at radius 3 is 2.77 bits per heavy atom. The number of hydrogen-bond donors (Lipinski definition) is 0. The van der Waals surface area contributed by atoms with Crippen molar-refractivity contribution in [3.05, 3.63) is 87.4 Å². The zero-order chi connectivity index (χ0) is 17.7. The molecule has 0 amide bonds. The number of fused-ring (bicyclic) bond motifs is 3. The molecule has 1 aromatic heterocycles. The number of allylic oxidation sites excluding steroid dienone is 1. The van der Waals surface area contributed by atoms with Crippen molar-refractivity contribution < 1.29 is 0 Å². The van der Waals surface area contributed by atoms with Gasteiger partial charge in [0.15, 0.2) is 0 Å². The van der Waals surface area contributed by atoms with Gasteiger partial charge >= 0.3 is 0 Å². The normalized spacial score (nSPS) is 15.0. The first-order valence-electron chi connectivity index (χ1n) is 8.59. The van der Waals surface area contributed by atoms with Crippen LogP contribution in [0.5, 0.6) is 0 Å². The maximum absolute atomic E-state index is 12.8. The summed E-state index contributed by atoms with van der Waals surface area (Å²) in [5.41, 5.74) is 2.88. The maximum atomic E-state index is 12.8. The van der Waals surface area contributed by atoms with Gasteiger partial charge in [-0.25, -0.2) is 4.98 Å². The number of aromatic nitrogens is 2. The number of rotatable bonds is 1. The van der Waals surface area contributed by atoms with E-state index in [0.717, 1.165) is 23.4 Å². The zero-order valence-electron chi connectivity index (χ0n) is 13.9. The fourth-order valence-corrected chi connectivity index (χ4v) is 3.86. The first-order chi connectivity index (χ1) is 12.7. The Balaban J connectivity index is 1.73. The number of hydrogen-bond acceptors (Lipinski definition) is 2. The molecule has 3 nitrogen and oxygen atoms in total. The molecule has 0 radical (unpaired) electrons. The van der Waals surface area contributed by atoms with Gasteiger partial charge in [-0.15, -0.1) is 0 Å². The van der Waals surface area contributed by atoms with E-state index in [-0.39, 0.29) is 5.56 Å². The molecule has 0 atom stereocenters. The summed E-state index contributed by atoms with van der Waals surface area (Å²) in [5.74, 6) is 0.748. The summed E-state index contributed by atoms with van der Waals surface area (Å²) < 4.78 is 1.77. The lowest BCUT2D eigenvalue weighted by atomic mass is 10.0. The van der Waals surface area contributed by atoms with E-state index in [1.54, 1.807) is 22.8 Å². The molecule has 126 valence electrons. The van der Waals surface area contributed by atoms with Crippen molar-refractivity contribution in [1.82, 2.24) is 9.55 Å². The van der Waals surface area contributed by atoms with Gasteiger partial charge in [0.2, 0.25) is 0 Å². The molecular formula is C22H15ClN2O. The van der Waals surface area contributed by atoms with Crippen molar-refractivity contribution in [2.75, 3.05) is 0 Å².